The first-order valence-electron chi connectivity index (χ1n) is 8.81. The summed E-state index contributed by atoms with van der Waals surface area (Å²) in [6.07, 6.45) is 0.642. The molecule has 0 spiro atoms. The number of benzene rings is 3. The predicted molar refractivity (Wildman–Crippen MR) is 99.2 cm³/mol. The SMILES string of the molecule is O=C(NC(CO)c1ccc2ccccc2c1)C1CC1c1ccccc1F. The molecule has 0 saturated heterocycles. The van der Waals surface area contributed by atoms with Crippen LogP contribution in [0.2, 0.25) is 0 Å². The van der Waals surface area contributed by atoms with Crippen molar-refractivity contribution in [1.82, 2.24) is 5.32 Å². The van der Waals surface area contributed by atoms with E-state index in [0.29, 0.717) is 12.0 Å². The van der Waals surface area contributed by atoms with Crippen LogP contribution in [-0.4, -0.2) is 17.6 Å². The van der Waals surface area contributed by atoms with E-state index in [1.807, 2.05) is 42.5 Å². The number of aliphatic hydroxyl groups is 1. The van der Waals surface area contributed by atoms with Crippen LogP contribution in [0.25, 0.3) is 10.8 Å². The summed E-state index contributed by atoms with van der Waals surface area (Å²) in [6, 6.07) is 20.0. The van der Waals surface area contributed by atoms with Gasteiger partial charge in [0.15, 0.2) is 0 Å². The highest BCUT2D eigenvalue weighted by Crippen LogP contribution is 2.48. The van der Waals surface area contributed by atoms with Gasteiger partial charge >= 0.3 is 0 Å². The Morgan fingerprint density at radius 3 is 2.58 bits per heavy atom. The van der Waals surface area contributed by atoms with Crippen molar-refractivity contribution in [2.24, 2.45) is 5.92 Å². The molecular weight excluding hydrogens is 329 g/mol. The number of fused-ring (bicyclic) bond motifs is 1. The standard InChI is InChI=1S/C22H20FNO2/c23-20-8-4-3-7-17(20)18-12-19(18)22(26)24-21(13-25)16-10-9-14-5-1-2-6-15(14)11-16/h1-11,18-19,21,25H,12-13H2,(H,24,26). The van der Waals surface area contributed by atoms with Crippen molar-refractivity contribution in [2.45, 2.75) is 18.4 Å². The number of carbonyl (C=O) groups is 1. The Kier molecular flexibility index (Phi) is 4.43. The molecule has 2 N–H and O–H groups in total. The molecule has 1 saturated carbocycles. The molecule has 4 heteroatoms. The third-order valence-electron chi connectivity index (χ3n) is 5.11. The van der Waals surface area contributed by atoms with E-state index in [4.69, 9.17) is 0 Å². The van der Waals surface area contributed by atoms with Crippen LogP contribution in [0.5, 0.6) is 0 Å². The molecule has 3 nitrogen and oxygen atoms in total. The van der Waals surface area contributed by atoms with Gasteiger partial charge < -0.3 is 10.4 Å². The highest BCUT2D eigenvalue weighted by molar-refractivity contribution is 5.85. The van der Waals surface area contributed by atoms with Gasteiger partial charge in [0.05, 0.1) is 12.6 Å². The van der Waals surface area contributed by atoms with E-state index in [1.54, 1.807) is 18.2 Å². The van der Waals surface area contributed by atoms with Crippen LogP contribution < -0.4 is 5.32 Å². The highest BCUT2D eigenvalue weighted by Gasteiger charge is 2.45. The summed E-state index contributed by atoms with van der Waals surface area (Å²) in [5, 5.41) is 14.8. The lowest BCUT2D eigenvalue weighted by Gasteiger charge is -2.17. The van der Waals surface area contributed by atoms with Crippen molar-refractivity contribution in [1.29, 1.82) is 0 Å². The topological polar surface area (TPSA) is 49.3 Å². The molecule has 3 atom stereocenters. The predicted octanol–water partition coefficient (Wildman–Crippen LogP) is 3.93. The van der Waals surface area contributed by atoms with Crippen LogP contribution in [-0.2, 0) is 4.79 Å². The third-order valence-corrected chi connectivity index (χ3v) is 5.11. The second-order valence-electron chi connectivity index (χ2n) is 6.82. The minimum absolute atomic E-state index is 0.0767. The maximum Gasteiger partial charge on any atom is 0.224 e. The quantitative estimate of drug-likeness (QED) is 0.733. The third kappa shape index (κ3) is 3.20. The normalized spacial score (nSPS) is 19.9. The van der Waals surface area contributed by atoms with Crippen molar-refractivity contribution in [3.63, 3.8) is 0 Å². The molecule has 1 amide bonds. The molecule has 0 radical (unpaired) electrons. The zero-order valence-corrected chi connectivity index (χ0v) is 14.2. The van der Waals surface area contributed by atoms with E-state index < -0.39 is 6.04 Å². The monoisotopic (exact) mass is 349 g/mol. The molecular formula is C22H20FNO2. The van der Waals surface area contributed by atoms with Gasteiger partial charge in [-0.15, -0.1) is 0 Å². The Balaban J connectivity index is 1.48. The molecule has 0 aromatic heterocycles. The lowest BCUT2D eigenvalue weighted by Crippen LogP contribution is -2.32. The number of amides is 1. The van der Waals surface area contributed by atoms with Gasteiger partial charge in [-0.1, -0.05) is 54.6 Å². The van der Waals surface area contributed by atoms with Crippen molar-refractivity contribution < 1.29 is 14.3 Å². The molecule has 26 heavy (non-hydrogen) atoms. The van der Waals surface area contributed by atoms with Crippen LogP contribution in [0.1, 0.15) is 29.5 Å². The molecule has 0 bridgehead atoms. The fourth-order valence-corrected chi connectivity index (χ4v) is 3.54. The van der Waals surface area contributed by atoms with E-state index in [9.17, 15) is 14.3 Å². The smallest absolute Gasteiger partial charge is 0.224 e. The molecule has 1 aliphatic rings. The Bertz CT molecular complexity index is 956. The van der Waals surface area contributed by atoms with Gasteiger partial charge in [-0.05, 0) is 46.4 Å². The van der Waals surface area contributed by atoms with Crippen LogP contribution >= 0.6 is 0 Å². The number of carbonyl (C=O) groups excluding carboxylic acids is 1. The lowest BCUT2D eigenvalue weighted by atomic mass is 10.0. The fraction of sp³-hybridized carbons (Fsp3) is 0.227. The first kappa shape index (κ1) is 16.7. The zero-order chi connectivity index (χ0) is 18.1. The minimum Gasteiger partial charge on any atom is -0.394 e. The Hall–Kier alpha value is -2.72. The Morgan fingerprint density at radius 1 is 1.08 bits per heavy atom. The van der Waals surface area contributed by atoms with Crippen LogP contribution in [0, 0.1) is 11.7 Å². The average Bonchev–Trinajstić information content (AvgIpc) is 3.46. The molecule has 3 aromatic carbocycles. The largest absolute Gasteiger partial charge is 0.394 e. The second-order valence-corrected chi connectivity index (χ2v) is 6.82. The molecule has 0 heterocycles. The van der Waals surface area contributed by atoms with Gasteiger partial charge in [-0.3, -0.25) is 4.79 Å². The highest BCUT2D eigenvalue weighted by atomic mass is 19.1. The molecule has 0 aliphatic heterocycles. The molecule has 3 unspecified atom stereocenters. The maximum absolute atomic E-state index is 13.9. The molecule has 3 aromatic rings. The van der Waals surface area contributed by atoms with Crippen LogP contribution in [0.4, 0.5) is 4.39 Å². The van der Waals surface area contributed by atoms with Crippen molar-refractivity contribution in [3.8, 4) is 0 Å². The van der Waals surface area contributed by atoms with Gasteiger partial charge in [-0.2, -0.15) is 0 Å². The first-order valence-corrected chi connectivity index (χ1v) is 8.81. The summed E-state index contributed by atoms with van der Waals surface area (Å²) < 4.78 is 13.9. The van der Waals surface area contributed by atoms with Gasteiger partial charge in [0, 0.05) is 5.92 Å². The molecule has 132 valence electrons. The zero-order valence-electron chi connectivity index (χ0n) is 14.2. The van der Waals surface area contributed by atoms with Crippen LogP contribution in [0.15, 0.2) is 66.7 Å². The average molecular weight is 349 g/mol. The summed E-state index contributed by atoms with van der Waals surface area (Å²) in [7, 11) is 0. The number of aliphatic hydroxyl groups excluding tert-OH is 1. The van der Waals surface area contributed by atoms with Crippen LogP contribution in [0.3, 0.4) is 0 Å². The number of halogens is 1. The summed E-state index contributed by atoms with van der Waals surface area (Å²) >= 11 is 0. The van der Waals surface area contributed by atoms with Crippen molar-refractivity contribution >= 4 is 16.7 Å². The summed E-state index contributed by atoms with van der Waals surface area (Å²) in [5.41, 5.74) is 1.46. The molecule has 1 aliphatic carbocycles. The Morgan fingerprint density at radius 2 is 1.81 bits per heavy atom. The van der Waals surface area contributed by atoms with E-state index in [2.05, 4.69) is 5.32 Å². The summed E-state index contributed by atoms with van der Waals surface area (Å²) in [5.74, 6) is -0.708. The summed E-state index contributed by atoms with van der Waals surface area (Å²) in [6.45, 7) is -0.179. The molecule has 1 fully saturated rings. The maximum atomic E-state index is 13.9. The van der Waals surface area contributed by atoms with E-state index in [1.165, 1.54) is 6.07 Å². The number of rotatable bonds is 5. The molecule has 4 rings (SSSR count). The number of hydrogen-bond acceptors (Lipinski definition) is 2. The number of hydrogen-bond donors (Lipinski definition) is 2. The van der Waals surface area contributed by atoms with Gasteiger partial charge in [0.2, 0.25) is 5.91 Å². The lowest BCUT2D eigenvalue weighted by molar-refractivity contribution is -0.123. The van der Waals surface area contributed by atoms with Gasteiger partial charge in [0.1, 0.15) is 5.82 Å². The fourth-order valence-electron chi connectivity index (χ4n) is 3.54. The van der Waals surface area contributed by atoms with E-state index in [0.717, 1.165) is 16.3 Å². The van der Waals surface area contributed by atoms with E-state index in [-0.39, 0.29) is 30.2 Å². The van der Waals surface area contributed by atoms with E-state index >= 15 is 0 Å². The number of nitrogens with one attached hydrogen (secondary N) is 1. The van der Waals surface area contributed by atoms with Crippen molar-refractivity contribution in [3.05, 3.63) is 83.7 Å². The first-order chi connectivity index (χ1) is 12.7. The second kappa shape index (κ2) is 6.89. The van der Waals surface area contributed by atoms with Crippen molar-refractivity contribution in [2.75, 3.05) is 6.61 Å². The minimum atomic E-state index is -0.464. The Labute approximate surface area is 151 Å². The van der Waals surface area contributed by atoms with Gasteiger partial charge in [-0.25, -0.2) is 4.39 Å². The summed E-state index contributed by atoms with van der Waals surface area (Å²) in [4.78, 5) is 12.6. The van der Waals surface area contributed by atoms with Gasteiger partial charge in [0.25, 0.3) is 0 Å².